The summed E-state index contributed by atoms with van der Waals surface area (Å²) in [5, 5.41) is 14.4. The van der Waals surface area contributed by atoms with E-state index in [-0.39, 0.29) is 24.8 Å². The number of hydrogen-bond acceptors (Lipinski definition) is 6. The number of hydrogen-bond donors (Lipinski definition) is 1. The van der Waals surface area contributed by atoms with Crippen LogP contribution in [0.25, 0.3) is 0 Å². The molecule has 0 saturated carbocycles. The Labute approximate surface area is 136 Å². The number of ether oxygens (including phenoxy) is 2. The fourth-order valence-electron chi connectivity index (χ4n) is 2.14. The van der Waals surface area contributed by atoms with E-state index in [9.17, 15) is 14.9 Å². The molecule has 0 unspecified atom stereocenters. The molecule has 0 saturated heterocycles. The minimum absolute atomic E-state index is 0.000932. The predicted octanol–water partition coefficient (Wildman–Crippen LogP) is 2.02. The molecule has 8 heteroatoms. The van der Waals surface area contributed by atoms with Crippen LogP contribution in [-0.4, -0.2) is 23.8 Å². The average molecular weight is 327 g/mol. The van der Waals surface area contributed by atoms with Crippen LogP contribution in [0.3, 0.4) is 0 Å². The summed E-state index contributed by atoms with van der Waals surface area (Å²) in [5.74, 6) is 0.997. The number of nitrogens with zero attached hydrogens (tertiary/aromatic N) is 2. The van der Waals surface area contributed by atoms with Gasteiger partial charge in [-0.05, 0) is 35.4 Å². The van der Waals surface area contributed by atoms with Gasteiger partial charge in [0.05, 0.1) is 17.6 Å². The molecule has 1 aliphatic heterocycles. The van der Waals surface area contributed by atoms with Gasteiger partial charge in [0.2, 0.25) is 12.7 Å². The third-order valence-corrected chi connectivity index (χ3v) is 3.31. The van der Waals surface area contributed by atoms with Crippen LogP contribution in [0.15, 0.2) is 47.6 Å². The molecule has 2 aromatic rings. The standard InChI is InChI=1S/C16H13N3O5/c20-16(8-12-3-6-14-15(7-12)24-10-23-14)18-17-9-11-1-4-13(5-2-11)19(21)22/h1-7,9H,8,10H2,(H,18,20)/b17-9-. The van der Waals surface area contributed by atoms with Gasteiger partial charge in [-0.1, -0.05) is 6.07 Å². The van der Waals surface area contributed by atoms with Gasteiger partial charge in [-0.2, -0.15) is 5.10 Å². The van der Waals surface area contributed by atoms with Gasteiger partial charge in [-0.3, -0.25) is 14.9 Å². The molecule has 0 atom stereocenters. The van der Waals surface area contributed by atoms with Gasteiger partial charge < -0.3 is 9.47 Å². The monoisotopic (exact) mass is 327 g/mol. The van der Waals surface area contributed by atoms with E-state index in [4.69, 9.17) is 9.47 Å². The number of fused-ring (bicyclic) bond motifs is 1. The van der Waals surface area contributed by atoms with Crippen molar-refractivity contribution in [2.75, 3.05) is 6.79 Å². The summed E-state index contributed by atoms with van der Waals surface area (Å²) in [4.78, 5) is 21.9. The first kappa shape index (κ1) is 15.5. The zero-order valence-corrected chi connectivity index (χ0v) is 12.5. The Bertz CT molecular complexity index is 802. The number of amides is 1. The number of hydrazone groups is 1. The van der Waals surface area contributed by atoms with Gasteiger partial charge in [0.15, 0.2) is 11.5 Å². The van der Waals surface area contributed by atoms with Crippen molar-refractivity contribution in [2.45, 2.75) is 6.42 Å². The average Bonchev–Trinajstić information content (AvgIpc) is 3.03. The van der Waals surface area contributed by atoms with Crippen molar-refractivity contribution in [1.82, 2.24) is 5.43 Å². The first-order valence-electron chi connectivity index (χ1n) is 7.07. The lowest BCUT2D eigenvalue weighted by Crippen LogP contribution is -2.19. The Balaban J connectivity index is 1.54. The number of benzene rings is 2. The molecule has 0 bridgehead atoms. The lowest BCUT2D eigenvalue weighted by Gasteiger charge is -2.02. The van der Waals surface area contributed by atoms with Crippen LogP contribution >= 0.6 is 0 Å². The van der Waals surface area contributed by atoms with Crippen LogP contribution in [0.2, 0.25) is 0 Å². The number of nitro benzene ring substituents is 1. The molecule has 24 heavy (non-hydrogen) atoms. The lowest BCUT2D eigenvalue weighted by molar-refractivity contribution is -0.384. The lowest BCUT2D eigenvalue weighted by atomic mass is 10.1. The SMILES string of the molecule is O=C(Cc1ccc2c(c1)OCO2)N/N=C\c1ccc([N+](=O)[O-])cc1. The Morgan fingerprint density at radius 2 is 1.96 bits per heavy atom. The largest absolute Gasteiger partial charge is 0.454 e. The van der Waals surface area contributed by atoms with Gasteiger partial charge in [-0.25, -0.2) is 5.43 Å². The second-order valence-electron chi connectivity index (χ2n) is 5.01. The summed E-state index contributed by atoms with van der Waals surface area (Å²) < 4.78 is 10.5. The minimum atomic E-state index is -0.478. The Morgan fingerprint density at radius 1 is 1.21 bits per heavy atom. The Morgan fingerprint density at radius 3 is 2.71 bits per heavy atom. The fraction of sp³-hybridized carbons (Fsp3) is 0.125. The van der Waals surface area contributed by atoms with Crippen LogP contribution in [0, 0.1) is 10.1 Å². The first-order valence-corrected chi connectivity index (χ1v) is 7.07. The second-order valence-corrected chi connectivity index (χ2v) is 5.01. The molecule has 1 aliphatic rings. The summed E-state index contributed by atoms with van der Waals surface area (Å²) in [6.07, 6.45) is 1.56. The quantitative estimate of drug-likeness (QED) is 0.514. The number of rotatable bonds is 5. The van der Waals surface area contributed by atoms with E-state index in [0.717, 1.165) is 5.56 Å². The smallest absolute Gasteiger partial charge is 0.269 e. The van der Waals surface area contributed by atoms with E-state index in [1.165, 1.54) is 18.3 Å². The van der Waals surface area contributed by atoms with E-state index >= 15 is 0 Å². The molecule has 1 heterocycles. The maximum atomic E-state index is 11.9. The highest BCUT2D eigenvalue weighted by molar-refractivity contribution is 5.83. The molecule has 0 radical (unpaired) electrons. The van der Waals surface area contributed by atoms with E-state index in [1.54, 1.807) is 30.3 Å². The van der Waals surface area contributed by atoms with Crippen molar-refractivity contribution in [3.63, 3.8) is 0 Å². The predicted molar refractivity (Wildman–Crippen MR) is 85.1 cm³/mol. The molecule has 1 amide bonds. The summed E-state index contributed by atoms with van der Waals surface area (Å²) in [6, 6.07) is 11.1. The highest BCUT2D eigenvalue weighted by Crippen LogP contribution is 2.32. The summed E-state index contributed by atoms with van der Waals surface area (Å²) in [7, 11) is 0. The maximum Gasteiger partial charge on any atom is 0.269 e. The van der Waals surface area contributed by atoms with Crippen molar-refractivity contribution in [3.8, 4) is 11.5 Å². The third kappa shape index (κ3) is 3.67. The normalized spacial score (nSPS) is 12.3. The van der Waals surface area contributed by atoms with Crippen molar-refractivity contribution >= 4 is 17.8 Å². The van der Waals surface area contributed by atoms with Gasteiger partial charge in [-0.15, -0.1) is 0 Å². The summed E-state index contributed by atoms with van der Waals surface area (Å²) >= 11 is 0. The number of nitro groups is 1. The van der Waals surface area contributed by atoms with Crippen LogP contribution < -0.4 is 14.9 Å². The highest BCUT2D eigenvalue weighted by atomic mass is 16.7. The molecular weight excluding hydrogens is 314 g/mol. The highest BCUT2D eigenvalue weighted by Gasteiger charge is 2.14. The van der Waals surface area contributed by atoms with Crippen LogP contribution in [0.4, 0.5) is 5.69 Å². The van der Waals surface area contributed by atoms with E-state index in [2.05, 4.69) is 10.5 Å². The first-order chi connectivity index (χ1) is 11.6. The summed E-state index contributed by atoms with van der Waals surface area (Å²) in [6.45, 7) is 0.185. The molecule has 0 aromatic heterocycles. The Hall–Kier alpha value is -3.42. The number of carbonyl (C=O) groups excluding carboxylic acids is 1. The van der Waals surface area contributed by atoms with Gasteiger partial charge in [0, 0.05) is 12.1 Å². The Kier molecular flexibility index (Phi) is 4.37. The fourth-order valence-corrected chi connectivity index (χ4v) is 2.14. The molecule has 1 N–H and O–H groups in total. The van der Waals surface area contributed by atoms with Crippen molar-refractivity contribution in [2.24, 2.45) is 5.10 Å². The zero-order chi connectivity index (χ0) is 16.9. The third-order valence-electron chi connectivity index (χ3n) is 3.31. The van der Waals surface area contributed by atoms with Gasteiger partial charge in [0.25, 0.3) is 5.69 Å². The van der Waals surface area contributed by atoms with E-state index in [0.29, 0.717) is 17.1 Å². The number of nitrogens with one attached hydrogen (secondary N) is 1. The molecular formula is C16H13N3O5. The van der Waals surface area contributed by atoms with Crippen LogP contribution in [0.1, 0.15) is 11.1 Å². The molecule has 2 aromatic carbocycles. The molecule has 3 rings (SSSR count). The maximum absolute atomic E-state index is 11.9. The van der Waals surface area contributed by atoms with Crippen LogP contribution in [-0.2, 0) is 11.2 Å². The van der Waals surface area contributed by atoms with E-state index < -0.39 is 4.92 Å². The van der Waals surface area contributed by atoms with Crippen LogP contribution in [0.5, 0.6) is 11.5 Å². The molecule has 8 nitrogen and oxygen atoms in total. The summed E-state index contributed by atoms with van der Waals surface area (Å²) in [5.41, 5.74) is 3.83. The van der Waals surface area contributed by atoms with E-state index in [1.807, 2.05) is 0 Å². The van der Waals surface area contributed by atoms with Crippen molar-refractivity contribution < 1.29 is 19.2 Å². The van der Waals surface area contributed by atoms with Gasteiger partial charge >= 0.3 is 0 Å². The minimum Gasteiger partial charge on any atom is -0.454 e. The van der Waals surface area contributed by atoms with Gasteiger partial charge in [0.1, 0.15) is 0 Å². The second kappa shape index (κ2) is 6.78. The number of carbonyl (C=O) groups is 1. The van der Waals surface area contributed by atoms with Crippen molar-refractivity contribution in [3.05, 3.63) is 63.7 Å². The zero-order valence-electron chi connectivity index (χ0n) is 12.5. The van der Waals surface area contributed by atoms with Crippen molar-refractivity contribution in [1.29, 1.82) is 0 Å². The molecule has 0 aliphatic carbocycles. The molecule has 0 spiro atoms. The molecule has 122 valence electrons. The topological polar surface area (TPSA) is 103 Å². The molecule has 0 fully saturated rings. The number of non-ortho nitro benzene ring substituents is 1.